The van der Waals surface area contributed by atoms with Crippen molar-refractivity contribution in [3.05, 3.63) is 28.8 Å². The zero-order valence-corrected chi connectivity index (χ0v) is 13.7. The van der Waals surface area contributed by atoms with Gasteiger partial charge in [0.05, 0.1) is 10.5 Å². The molecule has 0 bridgehead atoms. The number of sulfonamides is 1. The Morgan fingerprint density at radius 1 is 1.38 bits per heavy atom. The average Bonchev–Trinajstić information content (AvgIpc) is 2.34. The van der Waals surface area contributed by atoms with Crippen LogP contribution >= 0.6 is 11.6 Å². The lowest BCUT2D eigenvalue weighted by Crippen LogP contribution is -2.40. The molecule has 6 nitrogen and oxygen atoms in total. The summed E-state index contributed by atoms with van der Waals surface area (Å²) < 4.78 is 28.1. The first kappa shape index (κ1) is 17.9. The van der Waals surface area contributed by atoms with E-state index >= 15 is 0 Å². The number of rotatable bonds is 6. The highest BCUT2D eigenvalue weighted by Gasteiger charge is 2.20. The maximum absolute atomic E-state index is 12.1. The second-order valence-corrected chi connectivity index (χ2v) is 7.09. The van der Waals surface area contributed by atoms with E-state index in [2.05, 4.69) is 5.32 Å². The van der Waals surface area contributed by atoms with E-state index < -0.39 is 21.5 Å². The number of carbonyl (C=O) groups excluding carboxylic acids is 1. The number of primary sulfonamides is 1. The summed E-state index contributed by atoms with van der Waals surface area (Å²) in [5, 5.41) is 7.83. The molecule has 118 valence electrons. The highest BCUT2D eigenvalue weighted by atomic mass is 35.5. The number of halogens is 1. The van der Waals surface area contributed by atoms with Crippen molar-refractivity contribution in [1.29, 1.82) is 0 Å². The van der Waals surface area contributed by atoms with Crippen LogP contribution in [0.1, 0.15) is 31.1 Å². The summed E-state index contributed by atoms with van der Waals surface area (Å²) in [5.41, 5.74) is -0.398. The standard InChI is InChI=1S/C13H19ClN2O4S/c1-4-20-13(2,3)8-16-12(17)9-5-10(14)7-11(6-9)21(15,18)19/h5-7H,4,8H2,1-3H3,(H,16,17)(H2,15,18,19). The van der Waals surface area contributed by atoms with Crippen molar-refractivity contribution in [3.63, 3.8) is 0 Å². The van der Waals surface area contributed by atoms with Gasteiger partial charge >= 0.3 is 0 Å². The third kappa shape index (κ3) is 5.62. The quantitative estimate of drug-likeness (QED) is 0.824. The number of hydrogen-bond donors (Lipinski definition) is 2. The van der Waals surface area contributed by atoms with Crippen molar-refractivity contribution < 1.29 is 17.9 Å². The SMILES string of the molecule is CCOC(C)(C)CNC(=O)c1cc(Cl)cc(S(N)(=O)=O)c1. The van der Waals surface area contributed by atoms with Gasteiger partial charge in [-0.1, -0.05) is 11.6 Å². The molecule has 0 atom stereocenters. The first-order valence-electron chi connectivity index (χ1n) is 6.31. The van der Waals surface area contributed by atoms with Crippen molar-refractivity contribution in [3.8, 4) is 0 Å². The summed E-state index contributed by atoms with van der Waals surface area (Å²) >= 11 is 5.82. The predicted octanol–water partition coefficient (Wildman–Crippen LogP) is 1.53. The van der Waals surface area contributed by atoms with Gasteiger partial charge in [-0.25, -0.2) is 13.6 Å². The first-order valence-corrected chi connectivity index (χ1v) is 8.23. The van der Waals surface area contributed by atoms with Crippen LogP contribution in [-0.2, 0) is 14.8 Å². The molecule has 1 rings (SSSR count). The number of nitrogens with two attached hydrogens (primary N) is 1. The molecule has 0 saturated heterocycles. The summed E-state index contributed by atoms with van der Waals surface area (Å²) in [6, 6.07) is 3.75. The molecule has 1 amide bonds. The molecule has 0 radical (unpaired) electrons. The molecule has 0 aromatic heterocycles. The van der Waals surface area contributed by atoms with Crippen LogP contribution < -0.4 is 10.5 Å². The zero-order chi connectivity index (χ0) is 16.3. The Morgan fingerprint density at radius 2 is 2.00 bits per heavy atom. The van der Waals surface area contributed by atoms with Gasteiger partial charge in [-0.3, -0.25) is 4.79 Å². The fourth-order valence-corrected chi connectivity index (χ4v) is 2.58. The number of nitrogens with one attached hydrogen (secondary N) is 1. The van der Waals surface area contributed by atoms with Crippen LogP contribution in [0.15, 0.2) is 23.1 Å². The molecule has 0 unspecified atom stereocenters. The monoisotopic (exact) mass is 334 g/mol. The van der Waals surface area contributed by atoms with Crippen molar-refractivity contribution in [2.24, 2.45) is 5.14 Å². The molecule has 0 aliphatic heterocycles. The van der Waals surface area contributed by atoms with E-state index in [9.17, 15) is 13.2 Å². The fraction of sp³-hybridized carbons (Fsp3) is 0.462. The number of carbonyl (C=O) groups is 1. The van der Waals surface area contributed by atoms with E-state index in [0.717, 1.165) is 0 Å². The van der Waals surface area contributed by atoms with Crippen LogP contribution in [0.25, 0.3) is 0 Å². The fourth-order valence-electron chi connectivity index (χ4n) is 1.70. The highest BCUT2D eigenvalue weighted by Crippen LogP contribution is 2.18. The van der Waals surface area contributed by atoms with Gasteiger partial charge in [0.2, 0.25) is 10.0 Å². The number of benzene rings is 1. The molecular formula is C13H19ClN2O4S. The Hall–Kier alpha value is -1.15. The van der Waals surface area contributed by atoms with E-state index in [1.807, 2.05) is 20.8 Å². The summed E-state index contributed by atoms with van der Waals surface area (Å²) in [7, 11) is -3.92. The molecule has 0 spiro atoms. The topological polar surface area (TPSA) is 98.5 Å². The van der Waals surface area contributed by atoms with Gasteiger partial charge in [-0.15, -0.1) is 0 Å². The molecule has 3 N–H and O–H groups in total. The van der Waals surface area contributed by atoms with Gasteiger partial charge in [0.15, 0.2) is 0 Å². The second kappa shape index (κ2) is 6.74. The third-order valence-corrected chi connectivity index (χ3v) is 3.78. The molecule has 0 aliphatic carbocycles. The van der Waals surface area contributed by atoms with E-state index in [1.165, 1.54) is 18.2 Å². The minimum absolute atomic E-state index is 0.121. The Labute approximate surface area is 129 Å². The van der Waals surface area contributed by atoms with Crippen molar-refractivity contribution in [2.75, 3.05) is 13.2 Å². The van der Waals surface area contributed by atoms with Gasteiger partial charge in [-0.05, 0) is 39.0 Å². The van der Waals surface area contributed by atoms with Crippen molar-refractivity contribution >= 4 is 27.5 Å². The Bertz CT molecular complexity index is 629. The smallest absolute Gasteiger partial charge is 0.251 e. The zero-order valence-electron chi connectivity index (χ0n) is 12.1. The summed E-state index contributed by atoms with van der Waals surface area (Å²) in [6.45, 7) is 6.33. The predicted molar refractivity (Wildman–Crippen MR) is 80.9 cm³/mol. The van der Waals surface area contributed by atoms with Crippen LogP contribution in [0.3, 0.4) is 0 Å². The summed E-state index contributed by atoms with van der Waals surface area (Å²) in [6.07, 6.45) is 0. The van der Waals surface area contributed by atoms with E-state index in [4.69, 9.17) is 21.5 Å². The lowest BCUT2D eigenvalue weighted by molar-refractivity contribution is -0.00815. The second-order valence-electron chi connectivity index (χ2n) is 5.10. The molecule has 0 heterocycles. The number of hydrogen-bond acceptors (Lipinski definition) is 4. The molecule has 8 heteroatoms. The minimum Gasteiger partial charge on any atom is -0.374 e. The molecule has 1 aromatic carbocycles. The van der Waals surface area contributed by atoms with Crippen LogP contribution in [0.5, 0.6) is 0 Å². The molecule has 0 fully saturated rings. The summed E-state index contributed by atoms with van der Waals surface area (Å²) in [4.78, 5) is 11.9. The van der Waals surface area contributed by atoms with Crippen molar-refractivity contribution in [2.45, 2.75) is 31.3 Å². The van der Waals surface area contributed by atoms with Gasteiger partial charge < -0.3 is 10.1 Å². The van der Waals surface area contributed by atoms with Gasteiger partial charge in [0, 0.05) is 23.7 Å². The average molecular weight is 335 g/mol. The minimum atomic E-state index is -3.92. The third-order valence-electron chi connectivity index (χ3n) is 2.67. The Morgan fingerprint density at radius 3 is 2.52 bits per heavy atom. The summed E-state index contributed by atoms with van der Waals surface area (Å²) in [5.74, 6) is -0.449. The molecular weight excluding hydrogens is 316 g/mol. The van der Waals surface area contributed by atoms with E-state index in [-0.39, 0.29) is 22.0 Å². The largest absolute Gasteiger partial charge is 0.374 e. The maximum atomic E-state index is 12.1. The number of amides is 1. The Balaban J connectivity index is 2.91. The molecule has 0 aliphatic rings. The molecule has 0 saturated carbocycles. The van der Waals surface area contributed by atoms with Crippen LogP contribution in [-0.4, -0.2) is 33.1 Å². The van der Waals surface area contributed by atoms with Crippen LogP contribution in [0, 0.1) is 0 Å². The Kier molecular flexibility index (Phi) is 5.75. The van der Waals surface area contributed by atoms with Gasteiger partial charge in [-0.2, -0.15) is 0 Å². The van der Waals surface area contributed by atoms with E-state index in [0.29, 0.717) is 6.61 Å². The van der Waals surface area contributed by atoms with Crippen LogP contribution in [0.2, 0.25) is 5.02 Å². The lowest BCUT2D eigenvalue weighted by atomic mass is 10.1. The molecule has 21 heavy (non-hydrogen) atoms. The lowest BCUT2D eigenvalue weighted by Gasteiger charge is -2.24. The maximum Gasteiger partial charge on any atom is 0.251 e. The van der Waals surface area contributed by atoms with Crippen LogP contribution in [0.4, 0.5) is 0 Å². The van der Waals surface area contributed by atoms with Gasteiger partial charge in [0.1, 0.15) is 0 Å². The first-order chi connectivity index (χ1) is 9.55. The van der Waals surface area contributed by atoms with Crippen molar-refractivity contribution in [1.82, 2.24) is 5.32 Å². The van der Waals surface area contributed by atoms with E-state index in [1.54, 1.807) is 0 Å². The molecule has 1 aromatic rings. The number of ether oxygens (including phenoxy) is 1. The normalized spacial score (nSPS) is 12.2. The van der Waals surface area contributed by atoms with Gasteiger partial charge in [0.25, 0.3) is 5.91 Å². The highest BCUT2D eigenvalue weighted by molar-refractivity contribution is 7.89.